The van der Waals surface area contributed by atoms with Crippen LogP contribution >= 0.6 is 11.3 Å². The summed E-state index contributed by atoms with van der Waals surface area (Å²) in [4.78, 5) is 5.62. The van der Waals surface area contributed by atoms with Crippen LogP contribution < -0.4 is 5.32 Å². The molecule has 2 heterocycles. The molecule has 0 saturated carbocycles. The van der Waals surface area contributed by atoms with Crippen molar-refractivity contribution in [3.8, 4) is 0 Å². The molecule has 1 aromatic heterocycles. The van der Waals surface area contributed by atoms with E-state index in [4.69, 9.17) is 0 Å². The summed E-state index contributed by atoms with van der Waals surface area (Å²) in [6, 6.07) is 4.59. The molecule has 0 amide bonds. The van der Waals surface area contributed by atoms with Crippen LogP contribution in [-0.2, 0) is 13.1 Å². The highest BCUT2D eigenvalue weighted by atomic mass is 32.1. The number of likely N-dealkylation sites (tertiary alicyclic amines) is 1. The lowest BCUT2D eigenvalue weighted by molar-refractivity contribution is 0.315. The van der Waals surface area contributed by atoms with E-state index in [0.717, 1.165) is 25.6 Å². The minimum Gasteiger partial charge on any atom is -0.312 e. The molecule has 1 aliphatic rings. The predicted molar refractivity (Wildman–Crippen MR) is 80.0 cm³/mol. The molecule has 0 aromatic carbocycles. The lowest BCUT2D eigenvalue weighted by Crippen LogP contribution is -2.19. The Morgan fingerprint density at radius 2 is 2.17 bits per heavy atom. The molecule has 0 spiro atoms. The molecule has 2 rings (SSSR count). The van der Waals surface area contributed by atoms with Gasteiger partial charge < -0.3 is 5.32 Å². The van der Waals surface area contributed by atoms with E-state index in [1.54, 1.807) is 0 Å². The maximum Gasteiger partial charge on any atom is 0.0328 e. The SMILES string of the molecule is CCCC1CCN(Cc2ccc(CNCC)s2)C1. The molecule has 1 fully saturated rings. The lowest BCUT2D eigenvalue weighted by atomic mass is 10.0. The molecule has 0 aliphatic carbocycles. The summed E-state index contributed by atoms with van der Waals surface area (Å²) >= 11 is 1.97. The quantitative estimate of drug-likeness (QED) is 0.813. The molecule has 1 atom stereocenters. The Labute approximate surface area is 115 Å². The molecule has 1 aromatic rings. The van der Waals surface area contributed by atoms with Crippen LogP contribution in [0.5, 0.6) is 0 Å². The average molecular weight is 266 g/mol. The molecule has 102 valence electrons. The van der Waals surface area contributed by atoms with Crippen LogP contribution in [-0.4, -0.2) is 24.5 Å². The van der Waals surface area contributed by atoms with Crippen LogP contribution in [0.15, 0.2) is 12.1 Å². The van der Waals surface area contributed by atoms with Crippen molar-refractivity contribution in [1.82, 2.24) is 10.2 Å². The number of hydrogen-bond donors (Lipinski definition) is 1. The number of nitrogens with one attached hydrogen (secondary N) is 1. The van der Waals surface area contributed by atoms with Crippen molar-refractivity contribution in [3.63, 3.8) is 0 Å². The van der Waals surface area contributed by atoms with Crippen molar-refractivity contribution in [2.24, 2.45) is 5.92 Å². The lowest BCUT2D eigenvalue weighted by Gasteiger charge is -2.14. The van der Waals surface area contributed by atoms with E-state index in [2.05, 4.69) is 36.2 Å². The topological polar surface area (TPSA) is 15.3 Å². The first-order valence-corrected chi connectivity index (χ1v) is 8.14. The zero-order valence-corrected chi connectivity index (χ0v) is 12.6. The van der Waals surface area contributed by atoms with Gasteiger partial charge in [-0.2, -0.15) is 0 Å². The molecule has 0 bridgehead atoms. The van der Waals surface area contributed by atoms with E-state index >= 15 is 0 Å². The minimum atomic E-state index is 0.955. The Hall–Kier alpha value is -0.380. The monoisotopic (exact) mass is 266 g/mol. The summed E-state index contributed by atoms with van der Waals surface area (Å²) in [5, 5.41) is 3.39. The van der Waals surface area contributed by atoms with E-state index in [9.17, 15) is 0 Å². The molecular weight excluding hydrogens is 240 g/mol. The van der Waals surface area contributed by atoms with E-state index in [1.807, 2.05) is 11.3 Å². The van der Waals surface area contributed by atoms with Crippen LogP contribution in [0.3, 0.4) is 0 Å². The highest BCUT2D eigenvalue weighted by molar-refractivity contribution is 7.11. The average Bonchev–Trinajstić information content (AvgIpc) is 2.98. The van der Waals surface area contributed by atoms with Gasteiger partial charge in [0.2, 0.25) is 0 Å². The second-order valence-electron chi connectivity index (χ2n) is 5.33. The zero-order valence-electron chi connectivity index (χ0n) is 11.7. The van der Waals surface area contributed by atoms with Crippen LogP contribution in [0, 0.1) is 5.92 Å². The smallest absolute Gasteiger partial charge is 0.0328 e. The van der Waals surface area contributed by atoms with Crippen molar-refractivity contribution in [2.75, 3.05) is 19.6 Å². The van der Waals surface area contributed by atoms with Gasteiger partial charge in [-0.15, -0.1) is 11.3 Å². The largest absolute Gasteiger partial charge is 0.312 e. The number of rotatable bonds is 7. The molecule has 1 aliphatic heterocycles. The second kappa shape index (κ2) is 7.27. The van der Waals surface area contributed by atoms with Gasteiger partial charge in [0, 0.05) is 29.4 Å². The fourth-order valence-electron chi connectivity index (χ4n) is 2.77. The molecule has 0 radical (unpaired) electrons. The first-order chi connectivity index (χ1) is 8.81. The Bertz CT molecular complexity index is 348. The molecule has 18 heavy (non-hydrogen) atoms. The molecule has 1 unspecified atom stereocenters. The van der Waals surface area contributed by atoms with Crippen molar-refractivity contribution in [2.45, 2.75) is 46.2 Å². The van der Waals surface area contributed by atoms with Gasteiger partial charge in [-0.25, -0.2) is 0 Å². The standard InChI is InChI=1S/C15H26N2S/c1-3-5-13-8-9-17(11-13)12-15-7-6-14(18-15)10-16-4-2/h6-7,13,16H,3-5,8-12H2,1-2H3. The van der Waals surface area contributed by atoms with Gasteiger partial charge in [0.15, 0.2) is 0 Å². The number of hydrogen-bond acceptors (Lipinski definition) is 3. The summed E-state index contributed by atoms with van der Waals surface area (Å²) < 4.78 is 0. The summed E-state index contributed by atoms with van der Waals surface area (Å²) in [5.41, 5.74) is 0. The molecule has 3 heteroatoms. The van der Waals surface area contributed by atoms with Crippen molar-refractivity contribution < 1.29 is 0 Å². The van der Waals surface area contributed by atoms with E-state index in [1.165, 1.54) is 42.1 Å². The summed E-state index contributed by atoms with van der Waals surface area (Å²) in [6.45, 7) is 10.3. The Kier molecular flexibility index (Phi) is 5.67. The predicted octanol–water partition coefficient (Wildman–Crippen LogP) is 3.48. The Balaban J connectivity index is 1.77. The van der Waals surface area contributed by atoms with Gasteiger partial charge in [0.25, 0.3) is 0 Å². The third kappa shape index (κ3) is 4.08. The van der Waals surface area contributed by atoms with Gasteiger partial charge in [0.1, 0.15) is 0 Å². The third-order valence-corrected chi connectivity index (χ3v) is 4.78. The third-order valence-electron chi connectivity index (χ3n) is 3.71. The van der Waals surface area contributed by atoms with E-state index in [0.29, 0.717) is 0 Å². The van der Waals surface area contributed by atoms with E-state index < -0.39 is 0 Å². The second-order valence-corrected chi connectivity index (χ2v) is 6.58. The van der Waals surface area contributed by atoms with Crippen LogP contribution in [0.2, 0.25) is 0 Å². The Morgan fingerprint density at radius 1 is 1.33 bits per heavy atom. The maximum atomic E-state index is 3.39. The van der Waals surface area contributed by atoms with Crippen molar-refractivity contribution in [1.29, 1.82) is 0 Å². The highest BCUT2D eigenvalue weighted by Crippen LogP contribution is 2.25. The van der Waals surface area contributed by atoms with Crippen molar-refractivity contribution in [3.05, 3.63) is 21.9 Å². The fraction of sp³-hybridized carbons (Fsp3) is 0.733. The molecule has 2 nitrogen and oxygen atoms in total. The van der Waals surface area contributed by atoms with Gasteiger partial charge in [0.05, 0.1) is 0 Å². The van der Waals surface area contributed by atoms with Gasteiger partial charge in [-0.1, -0.05) is 20.3 Å². The van der Waals surface area contributed by atoms with Gasteiger partial charge in [-0.3, -0.25) is 4.90 Å². The summed E-state index contributed by atoms with van der Waals surface area (Å²) in [5.74, 6) is 0.955. The van der Waals surface area contributed by atoms with Gasteiger partial charge >= 0.3 is 0 Å². The normalized spacial score (nSPS) is 20.7. The van der Waals surface area contributed by atoms with E-state index in [-0.39, 0.29) is 0 Å². The minimum absolute atomic E-state index is 0.955. The first kappa shape index (κ1) is 14.0. The first-order valence-electron chi connectivity index (χ1n) is 7.32. The van der Waals surface area contributed by atoms with Crippen LogP contribution in [0.1, 0.15) is 42.9 Å². The van der Waals surface area contributed by atoms with Crippen molar-refractivity contribution >= 4 is 11.3 Å². The number of thiophene rings is 1. The van der Waals surface area contributed by atoms with Crippen LogP contribution in [0.4, 0.5) is 0 Å². The maximum absolute atomic E-state index is 3.39. The Morgan fingerprint density at radius 3 is 2.94 bits per heavy atom. The van der Waals surface area contributed by atoms with Gasteiger partial charge in [-0.05, 0) is 44.0 Å². The summed E-state index contributed by atoms with van der Waals surface area (Å²) in [6.07, 6.45) is 4.15. The molecular formula is C15H26N2S. The number of nitrogens with zero attached hydrogens (tertiary/aromatic N) is 1. The molecule has 1 saturated heterocycles. The summed E-state index contributed by atoms with van der Waals surface area (Å²) in [7, 11) is 0. The molecule has 1 N–H and O–H groups in total. The highest BCUT2D eigenvalue weighted by Gasteiger charge is 2.21. The fourth-order valence-corrected chi connectivity index (χ4v) is 3.80. The zero-order chi connectivity index (χ0) is 12.8. The van der Waals surface area contributed by atoms with Crippen LogP contribution in [0.25, 0.3) is 0 Å².